The topological polar surface area (TPSA) is 79.5 Å². The molecule has 0 saturated carbocycles. The van der Waals surface area contributed by atoms with E-state index in [9.17, 15) is 9.59 Å². The van der Waals surface area contributed by atoms with Gasteiger partial charge in [0, 0.05) is 5.92 Å². The van der Waals surface area contributed by atoms with Gasteiger partial charge in [0.2, 0.25) is 5.91 Å². The molecular weight excluding hydrogens is 162 g/mol. The van der Waals surface area contributed by atoms with Crippen LogP contribution < -0.4 is 16.3 Å². The van der Waals surface area contributed by atoms with Crippen molar-refractivity contribution < 1.29 is 14.4 Å². The zero-order valence-corrected chi connectivity index (χ0v) is 7.30. The summed E-state index contributed by atoms with van der Waals surface area (Å²) in [6.45, 7) is 3.43. The fourth-order valence-electron chi connectivity index (χ4n) is 0.381. The Morgan fingerprint density at radius 2 is 1.83 bits per heavy atom. The summed E-state index contributed by atoms with van der Waals surface area (Å²) in [5.74, 6) is -0.436. The Labute approximate surface area is 70.6 Å². The van der Waals surface area contributed by atoms with E-state index in [-0.39, 0.29) is 11.8 Å². The van der Waals surface area contributed by atoms with E-state index in [2.05, 4.69) is 15.7 Å². The summed E-state index contributed by atoms with van der Waals surface area (Å²) in [6, 6.07) is -0.619. The van der Waals surface area contributed by atoms with Gasteiger partial charge in [0.15, 0.2) is 0 Å². The van der Waals surface area contributed by atoms with Crippen molar-refractivity contribution >= 4 is 11.9 Å². The number of urea groups is 1. The molecule has 6 nitrogen and oxygen atoms in total. The number of hydrogen-bond donors (Lipinski definition) is 3. The van der Waals surface area contributed by atoms with Crippen molar-refractivity contribution in [3.05, 3.63) is 0 Å². The maximum absolute atomic E-state index is 10.9. The van der Waals surface area contributed by atoms with E-state index in [1.807, 2.05) is 5.48 Å². The summed E-state index contributed by atoms with van der Waals surface area (Å²) in [5, 5.41) is 0. The van der Waals surface area contributed by atoms with Gasteiger partial charge >= 0.3 is 6.03 Å². The van der Waals surface area contributed by atoms with Crippen molar-refractivity contribution in [2.24, 2.45) is 5.92 Å². The number of carbonyl (C=O) groups excluding carboxylic acids is 2. The number of hydrazine groups is 1. The smallest absolute Gasteiger partial charge is 0.275 e. The summed E-state index contributed by atoms with van der Waals surface area (Å²) >= 11 is 0. The van der Waals surface area contributed by atoms with Gasteiger partial charge in [-0.15, -0.1) is 0 Å². The van der Waals surface area contributed by atoms with Crippen LogP contribution in [-0.4, -0.2) is 19.0 Å². The summed E-state index contributed by atoms with van der Waals surface area (Å²) in [5.41, 5.74) is 6.25. The van der Waals surface area contributed by atoms with E-state index in [0.717, 1.165) is 0 Å². The Kier molecular flexibility index (Phi) is 4.78. The molecule has 0 radical (unpaired) electrons. The number of amides is 3. The fraction of sp³-hybridized carbons (Fsp3) is 0.667. The molecule has 0 aromatic carbocycles. The third-order valence-electron chi connectivity index (χ3n) is 1.02. The molecule has 0 aromatic rings. The molecule has 0 spiro atoms. The molecular formula is C6H13N3O3. The van der Waals surface area contributed by atoms with Gasteiger partial charge in [0.05, 0.1) is 7.11 Å². The largest absolute Gasteiger partial charge is 0.357 e. The number of carbonyl (C=O) groups is 2. The van der Waals surface area contributed by atoms with E-state index in [1.165, 1.54) is 7.11 Å². The molecule has 70 valence electrons. The van der Waals surface area contributed by atoms with Crippen LogP contribution in [0.15, 0.2) is 0 Å². The first-order valence-corrected chi connectivity index (χ1v) is 3.46. The second-order valence-corrected chi connectivity index (χ2v) is 2.40. The van der Waals surface area contributed by atoms with Crippen LogP contribution in [0, 0.1) is 5.92 Å². The minimum Gasteiger partial charge on any atom is -0.275 e. The average Bonchev–Trinajstić information content (AvgIpc) is 2.00. The molecule has 0 aliphatic rings. The quantitative estimate of drug-likeness (QED) is 0.496. The van der Waals surface area contributed by atoms with E-state index in [4.69, 9.17) is 0 Å². The first-order chi connectivity index (χ1) is 5.57. The second kappa shape index (κ2) is 5.36. The Morgan fingerprint density at radius 3 is 2.25 bits per heavy atom. The van der Waals surface area contributed by atoms with Crippen molar-refractivity contribution in [2.45, 2.75) is 13.8 Å². The standard InChI is InChI=1S/C6H13N3O3/c1-4(2)5(10)7-8-6(11)9-12-3/h4H,1-3H3,(H,7,10)(H2,8,9,11). The molecule has 3 N–H and O–H groups in total. The lowest BCUT2D eigenvalue weighted by Gasteiger charge is -2.08. The predicted molar refractivity (Wildman–Crippen MR) is 41.7 cm³/mol. The van der Waals surface area contributed by atoms with Crippen LogP contribution in [0.4, 0.5) is 4.79 Å². The lowest BCUT2D eigenvalue weighted by Crippen LogP contribution is -2.47. The summed E-state index contributed by atoms with van der Waals surface area (Å²) in [6.07, 6.45) is 0. The average molecular weight is 175 g/mol. The number of nitrogens with one attached hydrogen (secondary N) is 3. The predicted octanol–water partition coefficient (Wildman–Crippen LogP) is -0.466. The minimum absolute atomic E-state index is 0.173. The maximum Gasteiger partial charge on any atom is 0.357 e. The van der Waals surface area contributed by atoms with Crippen LogP contribution in [0.5, 0.6) is 0 Å². The van der Waals surface area contributed by atoms with Gasteiger partial charge in [0.1, 0.15) is 0 Å². The third kappa shape index (κ3) is 4.51. The van der Waals surface area contributed by atoms with Gasteiger partial charge in [-0.2, -0.15) is 0 Å². The van der Waals surface area contributed by atoms with E-state index < -0.39 is 6.03 Å². The molecule has 0 heterocycles. The molecule has 3 amide bonds. The monoisotopic (exact) mass is 175 g/mol. The van der Waals surface area contributed by atoms with Crippen LogP contribution >= 0.6 is 0 Å². The number of rotatable bonds is 2. The maximum atomic E-state index is 10.9. The Morgan fingerprint density at radius 1 is 1.25 bits per heavy atom. The van der Waals surface area contributed by atoms with Crippen LogP contribution in [-0.2, 0) is 9.63 Å². The molecule has 0 aliphatic carbocycles. The number of hydrogen-bond acceptors (Lipinski definition) is 3. The molecule has 0 aliphatic heterocycles. The van der Waals surface area contributed by atoms with Crippen molar-refractivity contribution in [3.8, 4) is 0 Å². The first-order valence-electron chi connectivity index (χ1n) is 3.46. The van der Waals surface area contributed by atoms with Crippen LogP contribution in [0.3, 0.4) is 0 Å². The van der Waals surface area contributed by atoms with Crippen LogP contribution in [0.25, 0.3) is 0 Å². The van der Waals surface area contributed by atoms with E-state index in [0.29, 0.717) is 0 Å². The Balaban J connectivity index is 3.54. The molecule has 6 heteroatoms. The van der Waals surface area contributed by atoms with Crippen molar-refractivity contribution in [2.75, 3.05) is 7.11 Å². The van der Waals surface area contributed by atoms with Gasteiger partial charge in [-0.3, -0.25) is 15.1 Å². The third-order valence-corrected chi connectivity index (χ3v) is 1.02. The van der Waals surface area contributed by atoms with Crippen molar-refractivity contribution in [3.63, 3.8) is 0 Å². The van der Waals surface area contributed by atoms with Crippen molar-refractivity contribution in [1.82, 2.24) is 16.3 Å². The normalized spacial score (nSPS) is 9.33. The van der Waals surface area contributed by atoms with E-state index >= 15 is 0 Å². The SMILES string of the molecule is CONC(=O)NNC(=O)C(C)C. The molecule has 0 fully saturated rings. The van der Waals surface area contributed by atoms with E-state index in [1.54, 1.807) is 13.8 Å². The van der Waals surface area contributed by atoms with Crippen LogP contribution in [0.1, 0.15) is 13.8 Å². The fourth-order valence-corrected chi connectivity index (χ4v) is 0.381. The molecule has 0 unspecified atom stereocenters. The Bertz CT molecular complexity index is 169. The lowest BCUT2D eigenvalue weighted by molar-refractivity contribution is -0.124. The molecule has 0 saturated heterocycles. The van der Waals surface area contributed by atoms with Gasteiger partial charge in [0.25, 0.3) is 0 Å². The Hall–Kier alpha value is -1.30. The minimum atomic E-state index is -0.619. The molecule has 0 bridgehead atoms. The summed E-state index contributed by atoms with van der Waals surface area (Å²) in [4.78, 5) is 25.7. The van der Waals surface area contributed by atoms with Gasteiger partial charge < -0.3 is 0 Å². The molecule has 12 heavy (non-hydrogen) atoms. The zero-order valence-electron chi connectivity index (χ0n) is 7.30. The second-order valence-electron chi connectivity index (χ2n) is 2.40. The zero-order chi connectivity index (χ0) is 9.56. The molecule has 0 atom stereocenters. The molecule has 0 aromatic heterocycles. The van der Waals surface area contributed by atoms with Gasteiger partial charge in [-0.1, -0.05) is 13.8 Å². The number of hydroxylamine groups is 1. The highest BCUT2D eigenvalue weighted by Crippen LogP contribution is 1.87. The van der Waals surface area contributed by atoms with Gasteiger partial charge in [-0.25, -0.2) is 15.7 Å². The molecule has 0 rings (SSSR count). The van der Waals surface area contributed by atoms with Crippen molar-refractivity contribution in [1.29, 1.82) is 0 Å². The highest BCUT2D eigenvalue weighted by molar-refractivity contribution is 5.81. The first kappa shape index (κ1) is 10.7. The summed E-state index contributed by atoms with van der Waals surface area (Å²) < 4.78 is 0. The lowest BCUT2D eigenvalue weighted by atomic mass is 10.2. The highest BCUT2D eigenvalue weighted by atomic mass is 16.6. The highest BCUT2D eigenvalue weighted by Gasteiger charge is 2.06. The summed E-state index contributed by atoms with van der Waals surface area (Å²) in [7, 11) is 1.30. The van der Waals surface area contributed by atoms with Crippen LogP contribution in [0.2, 0.25) is 0 Å². The van der Waals surface area contributed by atoms with Gasteiger partial charge in [-0.05, 0) is 0 Å².